The molecule has 0 aliphatic carbocycles. The van der Waals surface area contributed by atoms with Crippen LogP contribution in [0.2, 0.25) is 0 Å². The molecule has 0 saturated carbocycles. The van der Waals surface area contributed by atoms with Crippen LogP contribution in [-0.4, -0.2) is 34.1 Å². The fraction of sp³-hybridized carbons (Fsp3) is 0.167. The van der Waals surface area contributed by atoms with E-state index in [2.05, 4.69) is 6.58 Å². The van der Waals surface area contributed by atoms with Gasteiger partial charge < -0.3 is 15.5 Å². The maximum absolute atomic E-state index is 10.4. The summed E-state index contributed by atoms with van der Waals surface area (Å²) in [7, 11) is 0. The highest BCUT2D eigenvalue weighted by atomic mass is 16.4. The Hall–Kier alpha value is -1.85. The number of carbonyl (C=O) groups excluding carboxylic acids is 1. The van der Waals surface area contributed by atoms with Crippen molar-refractivity contribution < 1.29 is 24.6 Å². The molecule has 0 aromatic rings. The molecule has 65 valence electrons. The Balaban J connectivity index is 5.01. The summed E-state index contributed by atoms with van der Waals surface area (Å²) < 4.78 is 0. The number of rotatable bonds is 5. The zero-order valence-corrected chi connectivity index (χ0v) is 5.90. The first kappa shape index (κ1) is 10.2. The summed E-state index contributed by atoms with van der Waals surface area (Å²) >= 11 is 0. The summed E-state index contributed by atoms with van der Waals surface area (Å²) in [6, 6.07) is 0. The second kappa shape index (κ2) is 3.51. The molecular weight excluding hydrogens is 166 g/mol. The highest BCUT2D eigenvalue weighted by molar-refractivity contribution is 6.07. The highest BCUT2D eigenvalue weighted by Crippen LogP contribution is 2.05. The van der Waals surface area contributed by atoms with Gasteiger partial charge in [0.25, 0.3) is 5.54 Å². The van der Waals surface area contributed by atoms with Gasteiger partial charge in [-0.1, -0.05) is 6.58 Å². The van der Waals surface area contributed by atoms with Crippen LogP contribution in [0.5, 0.6) is 0 Å². The smallest absolute Gasteiger partial charge is 0.345 e. The third kappa shape index (κ3) is 1.42. The van der Waals surface area contributed by atoms with E-state index >= 15 is 0 Å². The Morgan fingerprint density at radius 1 is 1.42 bits per heavy atom. The molecule has 0 spiro atoms. The molecule has 0 atom stereocenters. The number of carboxylic acids is 2. The Labute approximate surface area is 67.5 Å². The van der Waals surface area contributed by atoms with Crippen molar-refractivity contribution in [3.8, 4) is 0 Å². The first-order valence-corrected chi connectivity index (χ1v) is 2.76. The highest BCUT2D eigenvalue weighted by Gasteiger charge is 2.43. The summed E-state index contributed by atoms with van der Waals surface area (Å²) in [5, 5.41) is 18.4. The Bertz CT molecular complexity index is 220. The maximum Gasteiger partial charge on any atom is 0.345 e. The number of hydrogen-bond acceptors (Lipinski definition) is 3. The van der Waals surface area contributed by atoms with Crippen LogP contribution in [0.3, 0.4) is 0 Å². The molecule has 0 heterocycles. The second-order valence-electron chi connectivity index (χ2n) is 1.85. The van der Waals surface area contributed by atoms with Gasteiger partial charge in [0.2, 0.25) is 0 Å². The van der Waals surface area contributed by atoms with Gasteiger partial charge in [-0.3, -0.25) is 4.79 Å². The molecule has 0 aliphatic rings. The van der Waals surface area contributed by atoms with Crippen LogP contribution in [0.15, 0.2) is 12.7 Å². The Morgan fingerprint density at radius 2 is 1.83 bits per heavy atom. The van der Waals surface area contributed by atoms with Gasteiger partial charge in [-0.15, -0.1) is 0 Å². The fourth-order valence-electron chi connectivity index (χ4n) is 0.505. The largest absolute Gasteiger partial charge is 0.479 e. The zero-order chi connectivity index (χ0) is 9.78. The van der Waals surface area contributed by atoms with E-state index < -0.39 is 17.5 Å². The van der Waals surface area contributed by atoms with Gasteiger partial charge in [-0.25, -0.2) is 9.59 Å². The summed E-state index contributed by atoms with van der Waals surface area (Å²) in [4.78, 5) is 30.6. The molecule has 3 N–H and O–H groups in total. The van der Waals surface area contributed by atoms with Crippen LogP contribution >= 0.6 is 0 Å². The number of amides is 1. The average Bonchev–Trinajstić information content (AvgIpc) is 1.98. The maximum atomic E-state index is 10.4. The molecule has 0 aromatic carbocycles. The van der Waals surface area contributed by atoms with E-state index in [0.29, 0.717) is 6.08 Å². The number of carboxylic acid groups (broad SMARTS) is 2. The average molecular weight is 172 g/mol. The lowest BCUT2D eigenvalue weighted by molar-refractivity contribution is -0.155. The van der Waals surface area contributed by atoms with Crippen molar-refractivity contribution >= 4 is 18.3 Å². The number of carbonyl (C=O) groups is 2. The van der Waals surface area contributed by atoms with Crippen LogP contribution in [-0.2, 0) is 14.4 Å². The van der Waals surface area contributed by atoms with Crippen molar-refractivity contribution in [2.75, 3.05) is 0 Å². The Morgan fingerprint density at radius 3 is 1.92 bits per heavy atom. The van der Waals surface area contributed by atoms with Crippen LogP contribution in [0.1, 0.15) is 0 Å². The van der Waals surface area contributed by atoms with E-state index in [1.54, 1.807) is 0 Å². The molecule has 6 heteroatoms. The van der Waals surface area contributed by atoms with Crippen LogP contribution in [0.25, 0.3) is 0 Å². The van der Waals surface area contributed by atoms with Gasteiger partial charge in [-0.05, 0) is 6.08 Å². The van der Waals surface area contributed by atoms with Gasteiger partial charge in [0.05, 0.1) is 0 Å². The topological polar surface area (TPSA) is 104 Å². The monoisotopic (exact) mass is 172 g/mol. The lowest BCUT2D eigenvalue weighted by Crippen LogP contribution is -2.56. The van der Waals surface area contributed by atoms with Gasteiger partial charge in [0.1, 0.15) is 0 Å². The number of hydrogen-bond donors (Lipinski definition) is 3. The van der Waals surface area contributed by atoms with E-state index in [4.69, 9.17) is 10.2 Å². The summed E-state index contributed by atoms with van der Waals surface area (Å²) in [6.45, 7) is 2.99. The molecule has 1 radical (unpaired) electrons. The normalized spacial score (nSPS) is 10.0. The molecule has 6 nitrogen and oxygen atoms in total. The van der Waals surface area contributed by atoms with Gasteiger partial charge in [0, 0.05) is 0 Å². The molecule has 0 rings (SSSR count). The second-order valence-corrected chi connectivity index (χ2v) is 1.85. The lowest BCUT2D eigenvalue weighted by atomic mass is 10.0. The molecule has 0 saturated heterocycles. The number of aliphatic carboxylic acids is 2. The van der Waals surface area contributed by atoms with Crippen molar-refractivity contribution in [2.24, 2.45) is 0 Å². The van der Waals surface area contributed by atoms with Gasteiger partial charge >= 0.3 is 18.3 Å². The molecule has 0 bridgehead atoms. The minimum atomic E-state index is -2.48. The van der Waals surface area contributed by atoms with E-state index in [-0.39, 0.29) is 0 Å². The minimum Gasteiger partial charge on any atom is -0.479 e. The first-order chi connectivity index (χ1) is 5.51. The molecule has 12 heavy (non-hydrogen) atoms. The van der Waals surface area contributed by atoms with Crippen molar-refractivity contribution in [2.45, 2.75) is 5.54 Å². The van der Waals surface area contributed by atoms with Crippen molar-refractivity contribution in [1.82, 2.24) is 5.32 Å². The van der Waals surface area contributed by atoms with Crippen molar-refractivity contribution in [3.05, 3.63) is 12.7 Å². The van der Waals surface area contributed by atoms with Crippen LogP contribution in [0, 0.1) is 0 Å². The minimum absolute atomic E-state index is 0.600. The Kier molecular flexibility index (Phi) is 2.97. The van der Waals surface area contributed by atoms with Crippen LogP contribution < -0.4 is 5.32 Å². The first-order valence-electron chi connectivity index (χ1n) is 2.76. The number of nitrogens with one attached hydrogen (secondary N) is 1. The zero-order valence-electron chi connectivity index (χ0n) is 5.90. The predicted molar refractivity (Wildman–Crippen MR) is 37.0 cm³/mol. The van der Waals surface area contributed by atoms with Gasteiger partial charge in [0.15, 0.2) is 0 Å². The van der Waals surface area contributed by atoms with E-state index in [1.807, 2.05) is 0 Å². The fourth-order valence-corrected chi connectivity index (χ4v) is 0.505. The molecule has 0 aromatic heterocycles. The van der Waals surface area contributed by atoms with Crippen LogP contribution in [0.4, 0.5) is 0 Å². The third-order valence-electron chi connectivity index (χ3n) is 1.23. The third-order valence-corrected chi connectivity index (χ3v) is 1.23. The molecule has 1 amide bonds. The summed E-state index contributed by atoms with van der Waals surface area (Å²) in [6.07, 6.45) is 1.59. The summed E-state index contributed by atoms with van der Waals surface area (Å²) in [5.74, 6) is -3.46. The van der Waals surface area contributed by atoms with E-state index in [9.17, 15) is 14.4 Å². The van der Waals surface area contributed by atoms with E-state index in [0.717, 1.165) is 6.41 Å². The van der Waals surface area contributed by atoms with E-state index in [1.165, 1.54) is 5.32 Å². The molecular formula is C6H6NO5. The van der Waals surface area contributed by atoms with Crippen molar-refractivity contribution in [3.63, 3.8) is 0 Å². The molecule has 0 aliphatic heterocycles. The lowest BCUT2D eigenvalue weighted by Gasteiger charge is -2.18. The van der Waals surface area contributed by atoms with Gasteiger partial charge in [-0.2, -0.15) is 0 Å². The molecule has 0 unspecified atom stereocenters. The standard InChI is InChI=1S/C6H6NO5/c1-2-6(4(9)10,5(11)12)7-3-8/h2H,1H2,(H,7,8)(H,9,10)(H,11,12). The molecule has 0 fully saturated rings. The predicted octanol–water partition coefficient (Wildman–Crippen LogP) is -1.26. The van der Waals surface area contributed by atoms with Crippen molar-refractivity contribution in [1.29, 1.82) is 0 Å². The quantitative estimate of drug-likeness (QED) is 0.272. The SMILES string of the molecule is C=CC(N[C]=O)(C(=O)O)C(=O)O. The summed E-state index contributed by atoms with van der Waals surface area (Å²) in [5.41, 5.74) is -2.48.